The van der Waals surface area contributed by atoms with E-state index in [-0.39, 0.29) is 11.6 Å². The molecule has 4 heteroatoms. The molecule has 0 radical (unpaired) electrons. The molecule has 0 unspecified atom stereocenters. The van der Waals surface area contributed by atoms with Crippen molar-refractivity contribution in [2.24, 2.45) is 0 Å². The number of carbonyl (C=O) groups excluding carboxylic acids is 1. The summed E-state index contributed by atoms with van der Waals surface area (Å²) in [6, 6.07) is 11.9. The van der Waals surface area contributed by atoms with E-state index in [2.05, 4.69) is 0 Å². The Morgan fingerprint density at radius 1 is 1.19 bits per heavy atom. The summed E-state index contributed by atoms with van der Waals surface area (Å²) in [4.78, 5) is 12.5. The maximum absolute atomic E-state index is 12.9. The second-order valence-electron chi connectivity index (χ2n) is 4.55. The van der Waals surface area contributed by atoms with Crippen LogP contribution >= 0.6 is 11.8 Å². The van der Waals surface area contributed by atoms with Crippen LogP contribution in [0.2, 0.25) is 0 Å². The first-order chi connectivity index (χ1) is 10.1. The molecule has 2 nitrogen and oxygen atoms in total. The van der Waals surface area contributed by atoms with Crippen LogP contribution in [0.4, 0.5) is 4.39 Å². The highest BCUT2D eigenvalue weighted by atomic mass is 32.2. The minimum atomic E-state index is -0.243. The van der Waals surface area contributed by atoms with E-state index in [4.69, 9.17) is 4.74 Å². The number of ether oxygens (including phenoxy) is 1. The maximum Gasteiger partial charge on any atom is 0.159 e. The molecule has 0 bridgehead atoms. The van der Waals surface area contributed by atoms with Gasteiger partial charge in [0.2, 0.25) is 0 Å². The summed E-state index contributed by atoms with van der Waals surface area (Å²) in [5.74, 6) is 1.25. The molecule has 110 valence electrons. The molecule has 0 heterocycles. The van der Waals surface area contributed by atoms with Gasteiger partial charge in [0.05, 0.1) is 6.61 Å². The van der Waals surface area contributed by atoms with Gasteiger partial charge < -0.3 is 4.74 Å². The predicted molar refractivity (Wildman–Crippen MR) is 83.6 cm³/mol. The molecule has 0 atom stereocenters. The second-order valence-corrected chi connectivity index (χ2v) is 5.60. The highest BCUT2D eigenvalue weighted by Crippen LogP contribution is 2.29. The fourth-order valence-electron chi connectivity index (χ4n) is 1.90. The van der Waals surface area contributed by atoms with Crippen LogP contribution in [0.3, 0.4) is 0 Å². The standard InChI is InChI=1S/C17H17FO2S/c1-3-20-17-9-4-13(12(2)19)10-14(17)11-21-16-7-5-15(18)6-8-16/h4-10H,3,11H2,1-2H3. The summed E-state index contributed by atoms with van der Waals surface area (Å²) in [7, 11) is 0. The minimum Gasteiger partial charge on any atom is -0.494 e. The lowest BCUT2D eigenvalue weighted by molar-refractivity contribution is 0.101. The summed E-state index contributed by atoms with van der Waals surface area (Å²) in [5.41, 5.74) is 1.65. The van der Waals surface area contributed by atoms with E-state index in [9.17, 15) is 9.18 Å². The quantitative estimate of drug-likeness (QED) is 0.570. The van der Waals surface area contributed by atoms with E-state index in [1.165, 1.54) is 12.1 Å². The van der Waals surface area contributed by atoms with Gasteiger partial charge in [-0.15, -0.1) is 11.8 Å². The largest absolute Gasteiger partial charge is 0.494 e. The topological polar surface area (TPSA) is 26.3 Å². The molecule has 0 aliphatic carbocycles. The molecule has 0 aromatic heterocycles. The van der Waals surface area contributed by atoms with E-state index in [1.54, 1.807) is 36.9 Å². The predicted octanol–water partition coefficient (Wildman–Crippen LogP) is 4.72. The molecule has 0 fully saturated rings. The van der Waals surface area contributed by atoms with Gasteiger partial charge in [0.25, 0.3) is 0 Å². The third-order valence-electron chi connectivity index (χ3n) is 2.97. The molecular formula is C17H17FO2S. The monoisotopic (exact) mass is 304 g/mol. The van der Waals surface area contributed by atoms with E-state index >= 15 is 0 Å². The van der Waals surface area contributed by atoms with Crippen molar-refractivity contribution in [1.82, 2.24) is 0 Å². The minimum absolute atomic E-state index is 0.0334. The second kappa shape index (κ2) is 7.27. The molecular weight excluding hydrogens is 287 g/mol. The Balaban J connectivity index is 2.17. The van der Waals surface area contributed by atoms with Gasteiger partial charge in [-0.25, -0.2) is 4.39 Å². The Labute approximate surface area is 128 Å². The molecule has 2 aromatic carbocycles. The Morgan fingerprint density at radius 3 is 2.52 bits per heavy atom. The van der Waals surface area contributed by atoms with E-state index in [1.807, 2.05) is 19.1 Å². The summed E-state index contributed by atoms with van der Waals surface area (Å²) < 4.78 is 18.5. The Kier molecular flexibility index (Phi) is 5.39. The number of halogens is 1. The highest BCUT2D eigenvalue weighted by Gasteiger charge is 2.08. The molecule has 0 saturated heterocycles. The maximum atomic E-state index is 12.9. The number of ketones is 1. The van der Waals surface area contributed by atoms with Crippen molar-refractivity contribution in [1.29, 1.82) is 0 Å². The third-order valence-corrected chi connectivity index (χ3v) is 4.04. The molecule has 0 spiro atoms. The van der Waals surface area contributed by atoms with Crippen LogP contribution in [-0.2, 0) is 5.75 Å². The number of rotatable bonds is 6. The number of Topliss-reactive ketones (excluding diaryl/α,β-unsaturated/α-hetero) is 1. The smallest absolute Gasteiger partial charge is 0.159 e. The lowest BCUT2D eigenvalue weighted by Gasteiger charge is -2.11. The van der Waals surface area contributed by atoms with Crippen molar-refractivity contribution in [2.75, 3.05) is 6.61 Å². The van der Waals surface area contributed by atoms with Crippen molar-refractivity contribution in [3.63, 3.8) is 0 Å². The van der Waals surface area contributed by atoms with Gasteiger partial charge in [-0.05, 0) is 56.3 Å². The zero-order valence-electron chi connectivity index (χ0n) is 12.1. The van der Waals surface area contributed by atoms with Gasteiger partial charge in [-0.1, -0.05) is 0 Å². The van der Waals surface area contributed by atoms with Crippen molar-refractivity contribution >= 4 is 17.5 Å². The molecule has 0 aliphatic heterocycles. The number of carbonyl (C=O) groups is 1. The average molecular weight is 304 g/mol. The van der Waals surface area contributed by atoms with Gasteiger partial charge in [0, 0.05) is 21.8 Å². The molecule has 0 saturated carbocycles. The normalized spacial score (nSPS) is 10.4. The van der Waals surface area contributed by atoms with Crippen LogP contribution in [-0.4, -0.2) is 12.4 Å². The Hall–Kier alpha value is -1.81. The van der Waals surface area contributed by atoms with Crippen LogP contribution in [0.1, 0.15) is 29.8 Å². The van der Waals surface area contributed by atoms with Gasteiger partial charge in [0.15, 0.2) is 5.78 Å². The summed E-state index contributed by atoms with van der Waals surface area (Å²) in [5, 5.41) is 0. The lowest BCUT2D eigenvalue weighted by atomic mass is 10.1. The molecule has 2 aromatic rings. The highest BCUT2D eigenvalue weighted by molar-refractivity contribution is 7.98. The van der Waals surface area contributed by atoms with Crippen molar-refractivity contribution in [3.05, 3.63) is 59.4 Å². The SMILES string of the molecule is CCOc1ccc(C(C)=O)cc1CSc1ccc(F)cc1. The number of benzene rings is 2. The first-order valence-electron chi connectivity index (χ1n) is 6.75. The first-order valence-corrected chi connectivity index (χ1v) is 7.73. The fraction of sp³-hybridized carbons (Fsp3) is 0.235. The lowest BCUT2D eigenvalue weighted by Crippen LogP contribution is -1.99. The van der Waals surface area contributed by atoms with Crippen LogP contribution in [0.15, 0.2) is 47.4 Å². The van der Waals surface area contributed by atoms with Gasteiger partial charge in [0.1, 0.15) is 11.6 Å². The van der Waals surface area contributed by atoms with E-state index in [0.29, 0.717) is 17.9 Å². The zero-order valence-corrected chi connectivity index (χ0v) is 12.9. The van der Waals surface area contributed by atoms with Crippen molar-refractivity contribution in [3.8, 4) is 5.75 Å². The van der Waals surface area contributed by atoms with E-state index < -0.39 is 0 Å². The Bertz CT molecular complexity index is 623. The Morgan fingerprint density at radius 2 is 1.90 bits per heavy atom. The fourth-order valence-corrected chi connectivity index (χ4v) is 2.78. The number of hydrogen-bond acceptors (Lipinski definition) is 3. The molecule has 21 heavy (non-hydrogen) atoms. The average Bonchev–Trinajstić information content (AvgIpc) is 2.48. The molecule has 2 rings (SSSR count). The zero-order chi connectivity index (χ0) is 15.2. The summed E-state index contributed by atoms with van der Waals surface area (Å²) in [6.07, 6.45) is 0. The third kappa shape index (κ3) is 4.33. The summed E-state index contributed by atoms with van der Waals surface area (Å²) in [6.45, 7) is 4.05. The van der Waals surface area contributed by atoms with Crippen LogP contribution < -0.4 is 4.74 Å². The van der Waals surface area contributed by atoms with Crippen molar-refractivity contribution in [2.45, 2.75) is 24.5 Å². The summed E-state index contributed by atoms with van der Waals surface area (Å²) >= 11 is 1.58. The molecule has 0 amide bonds. The van der Waals surface area contributed by atoms with Crippen LogP contribution in [0.5, 0.6) is 5.75 Å². The van der Waals surface area contributed by atoms with Crippen LogP contribution in [0, 0.1) is 5.82 Å². The molecule has 0 aliphatic rings. The molecule has 0 N–H and O–H groups in total. The first kappa shape index (κ1) is 15.6. The number of hydrogen-bond donors (Lipinski definition) is 0. The van der Waals surface area contributed by atoms with Gasteiger partial charge >= 0.3 is 0 Å². The van der Waals surface area contributed by atoms with E-state index in [0.717, 1.165) is 16.2 Å². The van der Waals surface area contributed by atoms with Gasteiger partial charge in [-0.2, -0.15) is 0 Å². The van der Waals surface area contributed by atoms with Crippen molar-refractivity contribution < 1.29 is 13.9 Å². The van der Waals surface area contributed by atoms with Crippen LogP contribution in [0.25, 0.3) is 0 Å². The number of thioether (sulfide) groups is 1. The van der Waals surface area contributed by atoms with Gasteiger partial charge in [-0.3, -0.25) is 4.79 Å².